The third-order valence-electron chi connectivity index (χ3n) is 5.15. The van der Waals surface area contributed by atoms with E-state index in [4.69, 9.17) is 61.3 Å². The molecule has 0 spiro atoms. The molecule has 0 aliphatic heterocycles. The molecule has 0 saturated carbocycles. The average Bonchev–Trinajstić information content (AvgIpc) is 2.90. The van der Waals surface area contributed by atoms with Crippen molar-refractivity contribution in [3.63, 3.8) is 0 Å². The molecule has 12 N–H and O–H groups in total. The standard InChI is InChI=1S/4C4H10O2.4C4H8O2/c8*1-3(5)4(2)6/h4*3-6H,1-2H3;4*3,5H,1-2H3/t2*3-,4+;2*3-,4-;4*3-/m..111100/s1. The van der Waals surface area contributed by atoms with Gasteiger partial charge in [-0.05, 0) is 111 Å². The van der Waals surface area contributed by atoms with Crippen LogP contribution in [0, 0.1) is 0 Å². The largest absolute Gasteiger partial charge is 0.391 e. The summed E-state index contributed by atoms with van der Waals surface area (Å²) in [6.07, 6.45) is -7.89. The first-order chi connectivity index (χ1) is 21.1. The van der Waals surface area contributed by atoms with Crippen LogP contribution in [-0.2, 0) is 19.2 Å². The Balaban J connectivity index is -0.0000000635. The van der Waals surface area contributed by atoms with Crippen LogP contribution < -0.4 is 0 Å². The molecule has 0 rings (SSSR count). The Morgan fingerprint density at radius 2 is 0.292 bits per heavy atom. The summed E-state index contributed by atoms with van der Waals surface area (Å²) < 4.78 is 0. The molecular formula is C32H72O16. The number of aliphatic hydroxyl groups excluding tert-OH is 12. The Labute approximate surface area is 287 Å². The maximum atomic E-state index is 9.89. The molecule has 0 saturated heterocycles. The Hall–Kier alpha value is -1.80. The van der Waals surface area contributed by atoms with Gasteiger partial charge in [-0.2, -0.15) is 0 Å². The monoisotopic (exact) mass is 712 g/mol. The number of hydrogen-bond acceptors (Lipinski definition) is 16. The topological polar surface area (TPSA) is 311 Å². The molecule has 0 radical (unpaired) electrons. The molecule has 0 amide bonds. The van der Waals surface area contributed by atoms with E-state index in [0.717, 1.165) is 0 Å². The van der Waals surface area contributed by atoms with Crippen LogP contribution in [0.25, 0.3) is 0 Å². The quantitative estimate of drug-likeness (QED) is 0.141. The second kappa shape index (κ2) is 41.4. The molecule has 0 bridgehead atoms. The van der Waals surface area contributed by atoms with E-state index in [-0.39, 0.29) is 23.1 Å². The Morgan fingerprint density at radius 1 is 0.250 bits per heavy atom. The Kier molecular flexibility index (Phi) is 55.8. The van der Waals surface area contributed by atoms with Crippen LogP contribution in [0.15, 0.2) is 0 Å². The minimum Gasteiger partial charge on any atom is -0.391 e. The molecule has 0 aromatic heterocycles. The van der Waals surface area contributed by atoms with Crippen molar-refractivity contribution in [1.82, 2.24) is 0 Å². The molecule has 12 atom stereocenters. The van der Waals surface area contributed by atoms with Gasteiger partial charge < -0.3 is 61.3 Å². The minimum atomic E-state index is -0.787. The fourth-order valence-corrected chi connectivity index (χ4v) is 0. The van der Waals surface area contributed by atoms with E-state index in [0.29, 0.717) is 0 Å². The fourth-order valence-electron chi connectivity index (χ4n) is 0. The maximum absolute atomic E-state index is 9.89. The third kappa shape index (κ3) is 90.4. The van der Waals surface area contributed by atoms with Crippen LogP contribution in [-0.4, -0.2) is 158 Å². The molecule has 16 nitrogen and oxygen atoms in total. The first kappa shape index (κ1) is 64.7. The Bertz CT molecular complexity index is 569. The van der Waals surface area contributed by atoms with Crippen molar-refractivity contribution in [1.29, 1.82) is 0 Å². The highest BCUT2D eigenvalue weighted by Gasteiger charge is 2.02. The highest BCUT2D eigenvalue weighted by atomic mass is 16.3. The smallest absolute Gasteiger partial charge is 0.157 e. The second-order valence-electron chi connectivity index (χ2n) is 11.1. The SMILES string of the molecule is CC(=O)[C@@H](C)O.CC(=O)[C@@H](C)O.CC(=O)[C@H](C)O.CC(=O)[C@H](C)O.C[C@@H](O)[C@@H](C)O.C[C@@H](O)[C@@H](C)O.C[C@H](O)[C@@H](C)O.C[C@H](O)[C@@H](C)O. The van der Waals surface area contributed by atoms with Crippen molar-refractivity contribution < 1.29 is 80.5 Å². The molecule has 16 heteroatoms. The number of Topliss-reactive ketones (excluding diaryl/α,β-unsaturated/α-hetero) is 4. The predicted octanol–water partition coefficient (Wildman–Crippen LogP) is -1.18. The first-order valence-corrected chi connectivity index (χ1v) is 15.3. The third-order valence-corrected chi connectivity index (χ3v) is 5.15. The zero-order valence-electron chi connectivity index (χ0n) is 31.9. The molecule has 0 fully saturated rings. The normalized spacial score (nSPS) is 16.9. The van der Waals surface area contributed by atoms with Crippen LogP contribution in [0.3, 0.4) is 0 Å². The molecular weight excluding hydrogens is 640 g/mol. The lowest BCUT2D eigenvalue weighted by Crippen LogP contribution is -2.17. The first-order valence-electron chi connectivity index (χ1n) is 15.3. The van der Waals surface area contributed by atoms with Gasteiger partial charge in [0.1, 0.15) is 24.4 Å². The van der Waals surface area contributed by atoms with E-state index in [1.165, 1.54) is 55.4 Å². The van der Waals surface area contributed by atoms with E-state index in [2.05, 4.69) is 0 Å². The van der Waals surface area contributed by atoms with Gasteiger partial charge in [0.15, 0.2) is 23.1 Å². The van der Waals surface area contributed by atoms with Crippen molar-refractivity contribution in [3.8, 4) is 0 Å². The van der Waals surface area contributed by atoms with Crippen molar-refractivity contribution in [2.75, 3.05) is 0 Å². The number of carbonyl (C=O) groups is 4. The van der Waals surface area contributed by atoms with Crippen LogP contribution in [0.1, 0.15) is 111 Å². The molecule has 48 heavy (non-hydrogen) atoms. The van der Waals surface area contributed by atoms with Gasteiger partial charge in [0.05, 0.1) is 48.8 Å². The van der Waals surface area contributed by atoms with Gasteiger partial charge in [-0.1, -0.05) is 0 Å². The van der Waals surface area contributed by atoms with E-state index in [1.54, 1.807) is 55.4 Å². The molecule has 0 aromatic carbocycles. The molecule has 0 heterocycles. The summed E-state index contributed by atoms with van der Waals surface area (Å²) in [5.74, 6) is -0.741. The maximum Gasteiger partial charge on any atom is 0.157 e. The Morgan fingerprint density at radius 3 is 0.292 bits per heavy atom. The predicted molar refractivity (Wildman–Crippen MR) is 183 cm³/mol. The van der Waals surface area contributed by atoms with Gasteiger partial charge >= 0.3 is 0 Å². The number of aliphatic hydroxyl groups is 12. The number of hydrogen-bond donors (Lipinski definition) is 12. The molecule has 296 valence electrons. The summed E-state index contributed by atoms with van der Waals surface area (Å²) >= 11 is 0. The lowest BCUT2D eigenvalue weighted by atomic mass is 10.3. The van der Waals surface area contributed by atoms with Crippen molar-refractivity contribution in [2.24, 2.45) is 0 Å². The van der Waals surface area contributed by atoms with Gasteiger partial charge in [0.25, 0.3) is 0 Å². The molecule has 0 aliphatic rings. The second-order valence-corrected chi connectivity index (χ2v) is 11.1. The number of rotatable bonds is 8. The molecule has 0 aromatic rings. The summed E-state index contributed by atoms with van der Waals surface area (Å²) in [7, 11) is 0. The average molecular weight is 713 g/mol. The van der Waals surface area contributed by atoms with E-state index in [9.17, 15) is 19.2 Å². The number of carbonyl (C=O) groups excluding carboxylic acids is 4. The van der Waals surface area contributed by atoms with Crippen LogP contribution >= 0.6 is 0 Å². The zero-order chi connectivity index (χ0) is 41.2. The molecule has 0 unspecified atom stereocenters. The summed E-state index contributed by atoms with van der Waals surface area (Å²) in [5, 5.41) is 100. The highest BCUT2D eigenvalue weighted by molar-refractivity contribution is 5.80. The summed E-state index contributed by atoms with van der Waals surface area (Å²) in [6, 6.07) is 0. The van der Waals surface area contributed by atoms with E-state index in [1.807, 2.05) is 0 Å². The van der Waals surface area contributed by atoms with Gasteiger partial charge in [-0.3, -0.25) is 19.2 Å². The van der Waals surface area contributed by atoms with Gasteiger partial charge in [-0.15, -0.1) is 0 Å². The minimum absolute atomic E-state index is 0.185. The van der Waals surface area contributed by atoms with Crippen molar-refractivity contribution in [3.05, 3.63) is 0 Å². The van der Waals surface area contributed by atoms with Gasteiger partial charge in [0.2, 0.25) is 0 Å². The van der Waals surface area contributed by atoms with Crippen molar-refractivity contribution in [2.45, 2.75) is 184 Å². The summed E-state index contributed by atoms with van der Waals surface area (Å²) in [4.78, 5) is 39.6. The molecule has 0 aliphatic carbocycles. The lowest BCUT2D eigenvalue weighted by Gasteiger charge is -2.03. The summed E-state index contributed by atoms with van der Waals surface area (Å²) in [5.41, 5.74) is 0. The van der Waals surface area contributed by atoms with Crippen LogP contribution in [0.2, 0.25) is 0 Å². The fraction of sp³-hybridized carbons (Fsp3) is 0.875. The number of ketones is 4. The summed E-state index contributed by atoms with van der Waals surface area (Å²) in [6.45, 7) is 23.6. The lowest BCUT2D eigenvalue weighted by molar-refractivity contribution is -0.124. The highest BCUT2D eigenvalue weighted by Crippen LogP contribution is 1.87. The van der Waals surface area contributed by atoms with Gasteiger partial charge in [0, 0.05) is 0 Å². The van der Waals surface area contributed by atoms with Crippen LogP contribution in [0.5, 0.6) is 0 Å². The van der Waals surface area contributed by atoms with Crippen molar-refractivity contribution >= 4 is 23.1 Å². The van der Waals surface area contributed by atoms with E-state index < -0.39 is 73.2 Å². The van der Waals surface area contributed by atoms with Crippen LogP contribution in [0.4, 0.5) is 0 Å². The van der Waals surface area contributed by atoms with Gasteiger partial charge in [-0.25, -0.2) is 0 Å². The van der Waals surface area contributed by atoms with E-state index >= 15 is 0 Å². The zero-order valence-corrected chi connectivity index (χ0v) is 31.9.